The van der Waals surface area contributed by atoms with Crippen LogP contribution in [0.15, 0.2) is 24.3 Å². The maximum atomic E-state index is 11.6. The standard InChI is InChI=1S/C12H14ClNO3/c1-3-14-11(15)8(2)17-12(16)9-4-6-10(13)7-5-9/h4-8H,3H2,1-2H3,(H,14,15)/t8-/m0/s1. The lowest BCUT2D eigenvalue weighted by molar-refractivity contribution is -0.128. The van der Waals surface area contributed by atoms with Gasteiger partial charge in [-0.15, -0.1) is 0 Å². The van der Waals surface area contributed by atoms with Crippen LogP contribution in [-0.4, -0.2) is 24.5 Å². The molecular weight excluding hydrogens is 242 g/mol. The Morgan fingerprint density at radius 2 is 1.94 bits per heavy atom. The number of amides is 1. The second-order valence-corrected chi connectivity index (χ2v) is 3.89. The molecule has 92 valence electrons. The summed E-state index contributed by atoms with van der Waals surface area (Å²) in [7, 11) is 0. The van der Waals surface area contributed by atoms with Crippen LogP contribution in [0.4, 0.5) is 0 Å². The topological polar surface area (TPSA) is 55.4 Å². The van der Waals surface area contributed by atoms with Gasteiger partial charge in [-0.1, -0.05) is 11.6 Å². The van der Waals surface area contributed by atoms with Crippen LogP contribution in [0.3, 0.4) is 0 Å². The first-order valence-electron chi connectivity index (χ1n) is 5.29. The first-order chi connectivity index (χ1) is 8.04. The van der Waals surface area contributed by atoms with E-state index >= 15 is 0 Å². The van der Waals surface area contributed by atoms with E-state index in [2.05, 4.69) is 5.32 Å². The maximum Gasteiger partial charge on any atom is 0.338 e. The number of esters is 1. The van der Waals surface area contributed by atoms with Gasteiger partial charge in [0, 0.05) is 11.6 Å². The zero-order valence-corrected chi connectivity index (χ0v) is 10.5. The Morgan fingerprint density at radius 3 is 2.47 bits per heavy atom. The van der Waals surface area contributed by atoms with E-state index in [1.165, 1.54) is 6.92 Å². The summed E-state index contributed by atoms with van der Waals surface area (Å²) in [5.74, 6) is -0.852. The van der Waals surface area contributed by atoms with Gasteiger partial charge in [0.1, 0.15) is 0 Å². The average molecular weight is 256 g/mol. The van der Waals surface area contributed by atoms with Gasteiger partial charge in [-0.05, 0) is 38.1 Å². The number of hydrogen-bond donors (Lipinski definition) is 1. The molecule has 0 heterocycles. The molecule has 0 saturated carbocycles. The van der Waals surface area contributed by atoms with Crippen molar-refractivity contribution in [2.75, 3.05) is 6.54 Å². The highest BCUT2D eigenvalue weighted by Gasteiger charge is 2.17. The number of carbonyl (C=O) groups is 2. The minimum Gasteiger partial charge on any atom is -0.449 e. The SMILES string of the molecule is CCNC(=O)[C@H](C)OC(=O)c1ccc(Cl)cc1. The number of hydrogen-bond acceptors (Lipinski definition) is 3. The Balaban J connectivity index is 2.60. The highest BCUT2D eigenvalue weighted by atomic mass is 35.5. The monoisotopic (exact) mass is 255 g/mol. The predicted molar refractivity (Wildman–Crippen MR) is 65.0 cm³/mol. The molecule has 0 aliphatic rings. The summed E-state index contributed by atoms with van der Waals surface area (Å²) in [5.41, 5.74) is 0.366. The highest BCUT2D eigenvalue weighted by molar-refractivity contribution is 6.30. The zero-order chi connectivity index (χ0) is 12.8. The fourth-order valence-corrected chi connectivity index (χ4v) is 1.31. The van der Waals surface area contributed by atoms with E-state index < -0.39 is 12.1 Å². The van der Waals surface area contributed by atoms with Gasteiger partial charge in [-0.25, -0.2) is 4.79 Å². The van der Waals surface area contributed by atoms with Crippen LogP contribution in [0.5, 0.6) is 0 Å². The third-order valence-electron chi connectivity index (χ3n) is 2.08. The van der Waals surface area contributed by atoms with Gasteiger partial charge in [-0.2, -0.15) is 0 Å². The summed E-state index contributed by atoms with van der Waals surface area (Å²) in [6.45, 7) is 3.83. The van der Waals surface area contributed by atoms with Gasteiger partial charge in [0.25, 0.3) is 5.91 Å². The minimum atomic E-state index is -0.807. The summed E-state index contributed by atoms with van der Waals surface area (Å²) >= 11 is 5.70. The molecule has 0 fully saturated rings. The Morgan fingerprint density at radius 1 is 1.35 bits per heavy atom. The molecule has 0 unspecified atom stereocenters. The second kappa shape index (κ2) is 6.25. The molecule has 0 radical (unpaired) electrons. The molecule has 0 spiro atoms. The molecular formula is C12H14ClNO3. The summed E-state index contributed by atoms with van der Waals surface area (Å²) < 4.78 is 5.00. The summed E-state index contributed by atoms with van der Waals surface area (Å²) in [6.07, 6.45) is -0.807. The molecule has 17 heavy (non-hydrogen) atoms. The third-order valence-corrected chi connectivity index (χ3v) is 2.34. The zero-order valence-electron chi connectivity index (χ0n) is 9.70. The number of benzene rings is 1. The lowest BCUT2D eigenvalue weighted by atomic mass is 10.2. The molecule has 1 aromatic rings. The van der Waals surface area contributed by atoms with E-state index in [1.54, 1.807) is 31.2 Å². The summed E-state index contributed by atoms with van der Waals surface area (Å²) in [6, 6.07) is 6.29. The van der Waals surface area contributed by atoms with Gasteiger partial charge in [0.15, 0.2) is 6.10 Å². The Bertz CT molecular complexity index is 403. The quantitative estimate of drug-likeness (QED) is 0.838. The van der Waals surface area contributed by atoms with E-state index in [0.717, 1.165) is 0 Å². The second-order valence-electron chi connectivity index (χ2n) is 3.45. The van der Waals surface area contributed by atoms with Crippen LogP contribution in [0, 0.1) is 0 Å². The molecule has 1 amide bonds. The van der Waals surface area contributed by atoms with Gasteiger partial charge in [0.05, 0.1) is 5.56 Å². The van der Waals surface area contributed by atoms with Crippen molar-refractivity contribution in [3.8, 4) is 0 Å². The number of rotatable bonds is 4. The van der Waals surface area contributed by atoms with Crippen molar-refractivity contribution in [2.24, 2.45) is 0 Å². The van der Waals surface area contributed by atoms with Crippen LogP contribution in [-0.2, 0) is 9.53 Å². The van der Waals surface area contributed by atoms with Gasteiger partial charge in [-0.3, -0.25) is 4.79 Å². The van der Waals surface area contributed by atoms with Crippen molar-refractivity contribution in [2.45, 2.75) is 20.0 Å². The number of likely N-dealkylation sites (N-methyl/N-ethyl adjacent to an activating group) is 1. The molecule has 0 aliphatic heterocycles. The number of ether oxygens (including phenoxy) is 1. The van der Waals surface area contributed by atoms with Crippen LogP contribution < -0.4 is 5.32 Å². The van der Waals surface area contributed by atoms with E-state index in [4.69, 9.17) is 16.3 Å². The fourth-order valence-electron chi connectivity index (χ4n) is 1.19. The van der Waals surface area contributed by atoms with E-state index in [9.17, 15) is 9.59 Å². The lowest BCUT2D eigenvalue weighted by Crippen LogP contribution is -2.35. The number of carbonyl (C=O) groups excluding carboxylic acids is 2. The van der Waals surface area contributed by atoms with E-state index in [0.29, 0.717) is 17.1 Å². The van der Waals surface area contributed by atoms with Crippen molar-refractivity contribution in [1.29, 1.82) is 0 Å². The molecule has 1 atom stereocenters. The molecule has 4 nitrogen and oxygen atoms in total. The molecule has 1 N–H and O–H groups in total. The maximum absolute atomic E-state index is 11.6. The van der Waals surface area contributed by atoms with Crippen LogP contribution in [0.25, 0.3) is 0 Å². The van der Waals surface area contributed by atoms with Crippen molar-refractivity contribution < 1.29 is 14.3 Å². The Kier molecular flexibility index (Phi) is 4.97. The first kappa shape index (κ1) is 13.5. The van der Waals surface area contributed by atoms with Gasteiger partial charge >= 0.3 is 5.97 Å². The lowest BCUT2D eigenvalue weighted by Gasteiger charge is -2.12. The van der Waals surface area contributed by atoms with Crippen LogP contribution >= 0.6 is 11.6 Å². The molecule has 0 aromatic heterocycles. The predicted octanol–water partition coefficient (Wildman–Crippen LogP) is 2.02. The van der Waals surface area contributed by atoms with Crippen molar-refractivity contribution >= 4 is 23.5 Å². The minimum absolute atomic E-state index is 0.310. The van der Waals surface area contributed by atoms with Crippen molar-refractivity contribution in [3.63, 3.8) is 0 Å². The number of nitrogens with one attached hydrogen (secondary N) is 1. The normalized spacial score (nSPS) is 11.7. The van der Waals surface area contributed by atoms with Crippen molar-refractivity contribution in [1.82, 2.24) is 5.32 Å². The molecule has 0 saturated heterocycles. The van der Waals surface area contributed by atoms with Gasteiger partial charge < -0.3 is 10.1 Å². The summed E-state index contributed by atoms with van der Waals surface area (Å²) in [4.78, 5) is 23.0. The van der Waals surface area contributed by atoms with Crippen molar-refractivity contribution in [3.05, 3.63) is 34.9 Å². The largest absolute Gasteiger partial charge is 0.449 e. The number of halogens is 1. The first-order valence-corrected chi connectivity index (χ1v) is 5.66. The van der Waals surface area contributed by atoms with E-state index in [-0.39, 0.29) is 5.91 Å². The van der Waals surface area contributed by atoms with Gasteiger partial charge in [0.2, 0.25) is 0 Å². The molecule has 5 heteroatoms. The molecule has 1 aromatic carbocycles. The average Bonchev–Trinajstić information content (AvgIpc) is 2.30. The highest BCUT2D eigenvalue weighted by Crippen LogP contribution is 2.11. The molecule has 1 rings (SSSR count). The fraction of sp³-hybridized carbons (Fsp3) is 0.333. The summed E-state index contributed by atoms with van der Waals surface area (Å²) in [5, 5.41) is 3.11. The van der Waals surface area contributed by atoms with Crippen LogP contribution in [0.1, 0.15) is 24.2 Å². The smallest absolute Gasteiger partial charge is 0.338 e. The van der Waals surface area contributed by atoms with E-state index in [1.807, 2.05) is 0 Å². The molecule has 0 bridgehead atoms. The van der Waals surface area contributed by atoms with Crippen LogP contribution in [0.2, 0.25) is 5.02 Å². The molecule has 0 aliphatic carbocycles. The Hall–Kier alpha value is -1.55. The third kappa shape index (κ3) is 4.07. The Labute approximate surface area is 105 Å².